The maximum absolute atomic E-state index is 11.2. The highest BCUT2D eigenvalue weighted by Gasteiger charge is 2.02. The number of nitriles is 1. The van der Waals surface area contributed by atoms with Crippen molar-refractivity contribution in [2.24, 2.45) is 0 Å². The van der Waals surface area contributed by atoms with Gasteiger partial charge in [0.25, 0.3) is 0 Å². The van der Waals surface area contributed by atoms with Crippen LogP contribution in [-0.4, -0.2) is 22.2 Å². The second kappa shape index (κ2) is 5.59. The smallest absolute Gasteiger partial charge is 0.241 e. The van der Waals surface area contributed by atoms with Crippen molar-refractivity contribution in [3.8, 4) is 6.07 Å². The molecule has 0 aliphatic heterocycles. The first-order valence-corrected chi connectivity index (χ1v) is 5.12. The highest BCUT2D eigenvalue weighted by atomic mass is 127. The minimum absolute atomic E-state index is 0.125. The van der Waals surface area contributed by atoms with Crippen LogP contribution in [0.4, 0.5) is 0 Å². The molecule has 0 fully saturated rings. The molecule has 1 aromatic rings. The molecule has 74 valence electrons. The van der Waals surface area contributed by atoms with Crippen molar-refractivity contribution < 1.29 is 4.79 Å². The zero-order chi connectivity index (χ0) is 10.4. The Labute approximate surface area is 95.2 Å². The van der Waals surface area contributed by atoms with Gasteiger partial charge >= 0.3 is 0 Å². The van der Waals surface area contributed by atoms with Gasteiger partial charge in [0.15, 0.2) is 0 Å². The maximum atomic E-state index is 11.2. The first-order valence-electron chi connectivity index (χ1n) is 4.04. The first kappa shape index (κ1) is 11.0. The number of carbonyl (C=O) groups is 1. The molecule has 6 heteroatoms. The Morgan fingerprint density at radius 1 is 1.79 bits per heavy atom. The van der Waals surface area contributed by atoms with Crippen molar-refractivity contribution in [3.05, 3.63) is 16.0 Å². The minimum Gasteiger partial charge on any atom is -0.353 e. The third-order valence-electron chi connectivity index (χ3n) is 1.47. The van der Waals surface area contributed by atoms with E-state index in [1.807, 2.05) is 6.07 Å². The van der Waals surface area contributed by atoms with Gasteiger partial charge in [0, 0.05) is 12.7 Å². The van der Waals surface area contributed by atoms with Crippen LogP contribution in [-0.2, 0) is 11.3 Å². The van der Waals surface area contributed by atoms with E-state index in [0.717, 1.165) is 3.57 Å². The molecule has 0 saturated heterocycles. The van der Waals surface area contributed by atoms with Gasteiger partial charge in [-0.15, -0.1) is 0 Å². The van der Waals surface area contributed by atoms with Gasteiger partial charge in [-0.2, -0.15) is 10.4 Å². The van der Waals surface area contributed by atoms with E-state index >= 15 is 0 Å². The predicted molar refractivity (Wildman–Crippen MR) is 58.2 cm³/mol. The number of hydrogen-bond donors (Lipinski definition) is 1. The number of aromatic nitrogens is 2. The Bertz CT molecular complexity index is 354. The number of amides is 1. The second-order valence-corrected chi connectivity index (χ2v) is 3.86. The normalized spacial score (nSPS) is 9.43. The summed E-state index contributed by atoms with van der Waals surface area (Å²) in [5.41, 5.74) is 0. The molecule has 0 radical (unpaired) electrons. The molecule has 0 aromatic carbocycles. The van der Waals surface area contributed by atoms with Crippen molar-refractivity contribution in [1.29, 1.82) is 5.26 Å². The number of nitrogens with one attached hydrogen (secondary N) is 1. The van der Waals surface area contributed by atoms with E-state index in [9.17, 15) is 4.79 Å². The van der Waals surface area contributed by atoms with Gasteiger partial charge in [-0.1, -0.05) is 0 Å². The summed E-state index contributed by atoms with van der Waals surface area (Å²) in [4.78, 5) is 11.2. The lowest BCUT2D eigenvalue weighted by Gasteiger charge is -2.01. The summed E-state index contributed by atoms with van der Waals surface area (Å²) >= 11 is 2.12. The number of carbonyl (C=O) groups excluding carboxylic acids is 1. The van der Waals surface area contributed by atoms with E-state index in [2.05, 4.69) is 33.0 Å². The van der Waals surface area contributed by atoms with Crippen LogP contribution in [0.5, 0.6) is 0 Å². The van der Waals surface area contributed by atoms with Gasteiger partial charge in [0.2, 0.25) is 5.91 Å². The molecule has 1 N–H and O–H groups in total. The molecule has 0 spiro atoms. The second-order valence-electron chi connectivity index (χ2n) is 2.61. The zero-order valence-corrected chi connectivity index (χ0v) is 9.56. The fourth-order valence-corrected chi connectivity index (χ4v) is 1.33. The molecular weight excluding hydrogens is 295 g/mol. The summed E-state index contributed by atoms with van der Waals surface area (Å²) in [6, 6.07) is 1.95. The lowest BCUT2D eigenvalue weighted by molar-refractivity contribution is -0.121. The van der Waals surface area contributed by atoms with Gasteiger partial charge < -0.3 is 5.32 Å². The molecule has 1 heterocycles. The Hall–Kier alpha value is -1.10. The van der Waals surface area contributed by atoms with Crippen LogP contribution in [0, 0.1) is 14.9 Å². The highest BCUT2D eigenvalue weighted by molar-refractivity contribution is 14.1. The van der Waals surface area contributed by atoms with Crippen LogP contribution in [0.1, 0.15) is 6.42 Å². The molecule has 0 atom stereocenters. The average molecular weight is 304 g/mol. The number of rotatable bonds is 4. The van der Waals surface area contributed by atoms with Crippen LogP contribution in [0.25, 0.3) is 0 Å². The standard InChI is InChI=1S/C8H9IN4O/c9-7-4-12-13(5-7)6-8(14)11-3-1-2-10/h4-5H,1,3,6H2,(H,11,14). The number of nitrogens with zero attached hydrogens (tertiary/aromatic N) is 3. The molecule has 14 heavy (non-hydrogen) atoms. The van der Waals surface area contributed by atoms with Crippen molar-refractivity contribution in [2.45, 2.75) is 13.0 Å². The van der Waals surface area contributed by atoms with Gasteiger partial charge in [-0.3, -0.25) is 9.48 Å². The van der Waals surface area contributed by atoms with Crippen LogP contribution in [0.2, 0.25) is 0 Å². The molecule has 1 aromatic heterocycles. The largest absolute Gasteiger partial charge is 0.353 e. The van der Waals surface area contributed by atoms with Gasteiger partial charge in [-0.25, -0.2) is 0 Å². The Morgan fingerprint density at radius 3 is 3.14 bits per heavy atom. The monoisotopic (exact) mass is 304 g/mol. The van der Waals surface area contributed by atoms with Crippen molar-refractivity contribution in [1.82, 2.24) is 15.1 Å². The molecule has 1 amide bonds. The van der Waals surface area contributed by atoms with Crippen LogP contribution in [0.15, 0.2) is 12.4 Å². The topological polar surface area (TPSA) is 70.7 Å². The van der Waals surface area contributed by atoms with Crippen LogP contribution >= 0.6 is 22.6 Å². The van der Waals surface area contributed by atoms with E-state index < -0.39 is 0 Å². The van der Waals surface area contributed by atoms with Crippen molar-refractivity contribution in [3.63, 3.8) is 0 Å². The molecule has 1 rings (SSSR count). The van der Waals surface area contributed by atoms with Gasteiger partial charge in [0.1, 0.15) is 6.54 Å². The van der Waals surface area contributed by atoms with E-state index in [1.54, 1.807) is 17.1 Å². The molecule has 0 unspecified atom stereocenters. The lowest BCUT2D eigenvalue weighted by Crippen LogP contribution is -2.28. The summed E-state index contributed by atoms with van der Waals surface area (Å²) in [5.74, 6) is -0.125. The van der Waals surface area contributed by atoms with E-state index in [4.69, 9.17) is 5.26 Å². The third-order valence-corrected chi connectivity index (χ3v) is 2.02. The molecule has 0 aliphatic carbocycles. The molecule has 5 nitrogen and oxygen atoms in total. The fourth-order valence-electron chi connectivity index (χ4n) is 0.886. The van der Waals surface area contributed by atoms with E-state index in [-0.39, 0.29) is 12.5 Å². The lowest BCUT2D eigenvalue weighted by atomic mass is 10.4. The summed E-state index contributed by atoms with van der Waals surface area (Å²) < 4.78 is 2.55. The predicted octanol–water partition coefficient (Wildman–Crippen LogP) is 0.518. The van der Waals surface area contributed by atoms with Gasteiger partial charge in [0.05, 0.1) is 22.3 Å². The average Bonchev–Trinajstić information content (AvgIpc) is 2.52. The fraction of sp³-hybridized carbons (Fsp3) is 0.375. The molecular formula is C8H9IN4O. The Morgan fingerprint density at radius 2 is 2.57 bits per heavy atom. The third kappa shape index (κ3) is 3.74. The maximum Gasteiger partial charge on any atom is 0.241 e. The number of halogens is 1. The minimum atomic E-state index is -0.125. The van der Waals surface area contributed by atoms with E-state index in [1.165, 1.54) is 0 Å². The van der Waals surface area contributed by atoms with E-state index in [0.29, 0.717) is 13.0 Å². The van der Waals surface area contributed by atoms with Crippen LogP contribution < -0.4 is 5.32 Å². The summed E-state index contributed by atoms with van der Waals surface area (Å²) in [7, 11) is 0. The SMILES string of the molecule is N#CCCNC(=O)Cn1cc(I)cn1. The summed E-state index contributed by atoms with van der Waals surface area (Å²) in [5, 5.41) is 14.8. The zero-order valence-electron chi connectivity index (χ0n) is 7.40. The molecule has 0 bridgehead atoms. The first-order chi connectivity index (χ1) is 6.72. The highest BCUT2D eigenvalue weighted by Crippen LogP contribution is 2.00. The van der Waals surface area contributed by atoms with Crippen molar-refractivity contribution >= 4 is 28.5 Å². The van der Waals surface area contributed by atoms with Crippen LogP contribution in [0.3, 0.4) is 0 Å². The summed E-state index contributed by atoms with van der Waals surface area (Å²) in [6.07, 6.45) is 3.80. The van der Waals surface area contributed by atoms with Crippen molar-refractivity contribution in [2.75, 3.05) is 6.54 Å². The Balaban J connectivity index is 2.31. The number of hydrogen-bond acceptors (Lipinski definition) is 3. The Kier molecular flexibility index (Phi) is 4.39. The molecule has 0 aliphatic rings. The van der Waals surface area contributed by atoms with Gasteiger partial charge in [-0.05, 0) is 22.6 Å². The quantitative estimate of drug-likeness (QED) is 0.651. The summed E-state index contributed by atoms with van der Waals surface area (Å²) in [6.45, 7) is 0.599. The molecule has 0 saturated carbocycles.